The highest BCUT2D eigenvalue weighted by atomic mass is 19.4. The quantitative estimate of drug-likeness (QED) is 0.891. The first kappa shape index (κ1) is 17.7. The van der Waals surface area contributed by atoms with Gasteiger partial charge in [-0.05, 0) is 43.0 Å². The van der Waals surface area contributed by atoms with Gasteiger partial charge >= 0.3 is 6.18 Å². The van der Waals surface area contributed by atoms with Crippen molar-refractivity contribution in [3.05, 3.63) is 35.4 Å². The van der Waals surface area contributed by atoms with Crippen molar-refractivity contribution in [2.45, 2.75) is 38.1 Å². The molecule has 1 N–H and O–H groups in total. The maximum atomic E-state index is 12.6. The Morgan fingerprint density at radius 1 is 1.29 bits per heavy atom. The maximum Gasteiger partial charge on any atom is 0.401 e. The Balaban J connectivity index is 1.56. The lowest BCUT2D eigenvalue weighted by atomic mass is 10.1. The summed E-state index contributed by atoms with van der Waals surface area (Å²) >= 11 is 0. The lowest BCUT2D eigenvalue weighted by Gasteiger charge is -2.28. The second-order valence-electron chi connectivity index (χ2n) is 7.01. The Morgan fingerprint density at radius 2 is 2.04 bits per heavy atom. The van der Waals surface area contributed by atoms with Gasteiger partial charge < -0.3 is 5.11 Å². The summed E-state index contributed by atoms with van der Waals surface area (Å²) in [4.78, 5) is 3.74. The molecule has 6 heteroatoms. The number of nitrogens with zero attached hydrogens (tertiary/aromatic N) is 2. The number of halogens is 3. The molecule has 1 aliphatic carbocycles. The zero-order valence-electron chi connectivity index (χ0n) is 14.0. The van der Waals surface area contributed by atoms with Crippen LogP contribution in [0.1, 0.15) is 30.6 Å². The lowest BCUT2D eigenvalue weighted by molar-refractivity contribution is -0.146. The van der Waals surface area contributed by atoms with Crippen molar-refractivity contribution in [2.75, 3.05) is 32.7 Å². The Hall–Kier alpha value is -1.11. The molecule has 3 unspecified atom stereocenters. The molecule has 1 aliphatic heterocycles. The highest BCUT2D eigenvalue weighted by Gasteiger charge is 2.39. The molecule has 0 spiro atoms. The van der Waals surface area contributed by atoms with Crippen LogP contribution in [0.2, 0.25) is 0 Å². The third-order valence-electron chi connectivity index (χ3n) is 5.32. The highest BCUT2D eigenvalue weighted by molar-refractivity contribution is 5.36. The number of aliphatic hydroxyl groups is 1. The van der Waals surface area contributed by atoms with Gasteiger partial charge in [0.2, 0.25) is 0 Å². The van der Waals surface area contributed by atoms with Crippen molar-refractivity contribution >= 4 is 0 Å². The van der Waals surface area contributed by atoms with E-state index in [0.717, 1.165) is 31.5 Å². The molecule has 3 nitrogen and oxygen atoms in total. The van der Waals surface area contributed by atoms with Gasteiger partial charge in [-0.25, -0.2) is 0 Å². The summed E-state index contributed by atoms with van der Waals surface area (Å²) in [5, 5.41) is 10.6. The number of hydrogen-bond donors (Lipinski definition) is 1. The number of aliphatic hydroxyl groups excluding tert-OH is 1. The minimum atomic E-state index is -4.14. The first-order chi connectivity index (χ1) is 11.4. The Kier molecular flexibility index (Phi) is 5.18. The van der Waals surface area contributed by atoms with E-state index >= 15 is 0 Å². The molecule has 3 atom stereocenters. The van der Waals surface area contributed by atoms with Crippen molar-refractivity contribution in [3.8, 4) is 0 Å². The summed E-state index contributed by atoms with van der Waals surface area (Å²) in [5.74, 6) is 0.239. The zero-order chi connectivity index (χ0) is 17.3. The third-order valence-corrected chi connectivity index (χ3v) is 5.32. The van der Waals surface area contributed by atoms with E-state index in [1.807, 2.05) is 24.3 Å². The summed E-state index contributed by atoms with van der Waals surface area (Å²) in [6.07, 6.45) is -2.91. The second-order valence-corrected chi connectivity index (χ2v) is 7.01. The van der Waals surface area contributed by atoms with Gasteiger partial charge in [-0.1, -0.05) is 31.2 Å². The summed E-state index contributed by atoms with van der Waals surface area (Å²) in [5.41, 5.74) is 2.18. The average molecular weight is 342 g/mol. The highest BCUT2D eigenvalue weighted by Crippen LogP contribution is 2.36. The minimum Gasteiger partial charge on any atom is -0.387 e. The zero-order valence-corrected chi connectivity index (χ0v) is 14.0. The number of fused-ring (bicyclic) bond motifs is 1. The smallest absolute Gasteiger partial charge is 0.387 e. The molecule has 1 fully saturated rings. The third kappa shape index (κ3) is 3.92. The predicted molar refractivity (Wildman–Crippen MR) is 86.7 cm³/mol. The molecule has 0 aromatic heterocycles. The van der Waals surface area contributed by atoms with Gasteiger partial charge in [0.15, 0.2) is 0 Å². The fourth-order valence-corrected chi connectivity index (χ4v) is 4.12. The Bertz CT molecular complexity index is 563. The number of rotatable bonds is 5. The van der Waals surface area contributed by atoms with Crippen LogP contribution in [0.25, 0.3) is 0 Å². The van der Waals surface area contributed by atoms with E-state index in [4.69, 9.17) is 0 Å². The molecule has 0 radical (unpaired) electrons. The van der Waals surface area contributed by atoms with E-state index in [9.17, 15) is 18.3 Å². The van der Waals surface area contributed by atoms with Gasteiger partial charge in [-0.3, -0.25) is 9.80 Å². The first-order valence-corrected chi connectivity index (χ1v) is 8.66. The van der Waals surface area contributed by atoms with E-state index in [1.54, 1.807) is 6.92 Å². The lowest BCUT2D eigenvalue weighted by Crippen LogP contribution is -2.40. The number of likely N-dealkylation sites (tertiary alicyclic amines) is 1. The summed E-state index contributed by atoms with van der Waals surface area (Å²) in [7, 11) is 0. The number of alkyl halides is 3. The molecule has 24 heavy (non-hydrogen) atoms. The SMILES string of the molecule is CCN(CC1CCN(C2Cc3ccccc3C2O)C1)CC(F)(F)F. The Morgan fingerprint density at radius 3 is 2.71 bits per heavy atom. The van der Waals surface area contributed by atoms with Crippen LogP contribution in [-0.4, -0.2) is 59.8 Å². The van der Waals surface area contributed by atoms with Crippen molar-refractivity contribution < 1.29 is 18.3 Å². The molecule has 0 bridgehead atoms. The molecule has 1 saturated heterocycles. The van der Waals surface area contributed by atoms with Gasteiger partial charge in [-0.15, -0.1) is 0 Å². The largest absolute Gasteiger partial charge is 0.401 e. The van der Waals surface area contributed by atoms with Crippen LogP contribution in [-0.2, 0) is 6.42 Å². The second kappa shape index (κ2) is 7.02. The van der Waals surface area contributed by atoms with Crippen LogP contribution < -0.4 is 0 Å². The average Bonchev–Trinajstić information content (AvgIpc) is 3.10. The molecule has 1 aromatic rings. The molecule has 1 heterocycles. The van der Waals surface area contributed by atoms with Crippen molar-refractivity contribution in [1.29, 1.82) is 0 Å². The van der Waals surface area contributed by atoms with Crippen LogP contribution in [0.4, 0.5) is 13.2 Å². The van der Waals surface area contributed by atoms with Crippen molar-refractivity contribution in [2.24, 2.45) is 5.92 Å². The number of hydrogen-bond acceptors (Lipinski definition) is 3. The normalized spacial score (nSPS) is 27.8. The summed E-state index contributed by atoms with van der Waals surface area (Å²) < 4.78 is 37.8. The topological polar surface area (TPSA) is 26.7 Å². The minimum absolute atomic E-state index is 0.0603. The molecular formula is C18H25F3N2O. The summed E-state index contributed by atoms with van der Waals surface area (Å²) in [6.45, 7) is 3.44. The van der Waals surface area contributed by atoms with Crippen molar-refractivity contribution in [1.82, 2.24) is 9.80 Å². The first-order valence-electron chi connectivity index (χ1n) is 8.66. The van der Waals surface area contributed by atoms with Crippen LogP contribution >= 0.6 is 0 Å². The predicted octanol–water partition coefficient (Wildman–Crippen LogP) is 2.85. The van der Waals surface area contributed by atoms with Gasteiger partial charge in [0, 0.05) is 19.1 Å². The Labute approximate surface area is 141 Å². The van der Waals surface area contributed by atoms with Crippen LogP contribution in [0.5, 0.6) is 0 Å². The molecule has 2 aliphatic rings. The van der Waals surface area contributed by atoms with Crippen LogP contribution in [0, 0.1) is 5.92 Å². The molecule has 0 saturated carbocycles. The molecule has 0 amide bonds. The van der Waals surface area contributed by atoms with Gasteiger partial charge in [0.05, 0.1) is 12.6 Å². The van der Waals surface area contributed by atoms with E-state index in [0.29, 0.717) is 13.1 Å². The summed E-state index contributed by atoms with van der Waals surface area (Å²) in [6, 6.07) is 8.00. The molecule has 1 aromatic carbocycles. The monoisotopic (exact) mass is 342 g/mol. The van der Waals surface area contributed by atoms with Gasteiger partial charge in [-0.2, -0.15) is 13.2 Å². The van der Waals surface area contributed by atoms with Crippen LogP contribution in [0.3, 0.4) is 0 Å². The fraction of sp³-hybridized carbons (Fsp3) is 0.667. The van der Waals surface area contributed by atoms with E-state index in [1.165, 1.54) is 10.5 Å². The number of benzene rings is 1. The standard InChI is InChI=1S/C18H25F3N2O/c1-2-22(12-18(19,20)21)10-13-7-8-23(11-13)16-9-14-5-3-4-6-15(14)17(16)24/h3-6,13,16-17,24H,2,7-12H2,1H3. The fourth-order valence-electron chi connectivity index (χ4n) is 4.12. The van der Waals surface area contributed by atoms with Crippen LogP contribution in [0.15, 0.2) is 24.3 Å². The van der Waals surface area contributed by atoms with Gasteiger partial charge in [0.25, 0.3) is 0 Å². The maximum absolute atomic E-state index is 12.6. The van der Waals surface area contributed by atoms with Crippen molar-refractivity contribution in [3.63, 3.8) is 0 Å². The van der Waals surface area contributed by atoms with E-state index in [2.05, 4.69) is 4.90 Å². The molecular weight excluding hydrogens is 317 g/mol. The van der Waals surface area contributed by atoms with E-state index < -0.39 is 18.8 Å². The van der Waals surface area contributed by atoms with Gasteiger partial charge in [0.1, 0.15) is 0 Å². The molecule has 3 rings (SSSR count). The van der Waals surface area contributed by atoms with E-state index in [-0.39, 0.29) is 12.0 Å². The molecule has 134 valence electrons.